The highest BCUT2D eigenvalue weighted by molar-refractivity contribution is 6.23. The van der Waals surface area contributed by atoms with Gasteiger partial charge < -0.3 is 4.42 Å². The maximum atomic E-state index is 9.50. The predicted octanol–water partition coefficient (Wildman–Crippen LogP) is 13.7. The second-order valence-corrected chi connectivity index (χ2v) is 12.3. The highest BCUT2D eigenvalue weighted by atomic mass is 16.3. The summed E-state index contributed by atoms with van der Waals surface area (Å²) >= 11 is 0. The number of hydrogen-bond donors (Lipinski definition) is 0. The van der Waals surface area contributed by atoms with Crippen molar-refractivity contribution in [3.63, 3.8) is 0 Å². The standard InChI is InChI=1S/C48H30O/c1-3-13-31(14-4-1)35-27-36(32-15-5-2-6-16-32)29-37(28-35)47-41-21-11-9-19-39(41)46(40-20-10-12-22-42(40)47)34-24-26-45-44(30-34)43-25-23-33-17-7-8-18-38(33)48(43)49-45/h1-30H/i9D,10D,11D,12D,19D,20D,21D,22D. The molecule has 1 nitrogen and oxygen atoms in total. The highest BCUT2D eigenvalue weighted by Gasteiger charge is 2.19. The zero-order chi connectivity index (χ0) is 39.3. The molecular weight excluding hydrogens is 593 g/mol. The number of rotatable bonds is 4. The first kappa shape index (κ1) is 20.7. The average Bonchev–Trinajstić information content (AvgIpc) is 3.64. The van der Waals surface area contributed by atoms with Gasteiger partial charge in [0.25, 0.3) is 0 Å². The summed E-state index contributed by atoms with van der Waals surface area (Å²) in [4.78, 5) is 0. The van der Waals surface area contributed by atoms with Crippen molar-refractivity contribution in [3.8, 4) is 44.5 Å². The number of fused-ring (bicyclic) bond motifs is 7. The molecule has 0 saturated heterocycles. The summed E-state index contributed by atoms with van der Waals surface area (Å²) in [5.74, 6) is 0. The molecule has 0 atom stereocenters. The Labute approximate surface area is 295 Å². The second-order valence-electron chi connectivity index (χ2n) is 12.3. The van der Waals surface area contributed by atoms with Crippen LogP contribution in [0.1, 0.15) is 11.0 Å². The third-order valence-electron chi connectivity index (χ3n) is 9.46. The molecule has 0 N–H and O–H groups in total. The van der Waals surface area contributed by atoms with Crippen molar-refractivity contribution in [3.05, 3.63) is 182 Å². The molecule has 228 valence electrons. The van der Waals surface area contributed by atoms with E-state index in [-0.39, 0.29) is 45.7 Å². The molecule has 9 aromatic carbocycles. The number of furan rings is 1. The summed E-state index contributed by atoms with van der Waals surface area (Å²) in [5.41, 5.74) is 6.51. The Morgan fingerprint density at radius 2 is 0.878 bits per heavy atom. The first-order valence-corrected chi connectivity index (χ1v) is 16.2. The van der Waals surface area contributed by atoms with Crippen molar-refractivity contribution in [1.82, 2.24) is 0 Å². The summed E-state index contributed by atoms with van der Waals surface area (Å²) in [6, 6.07) is 40.1. The molecule has 1 heterocycles. The van der Waals surface area contributed by atoms with E-state index in [9.17, 15) is 5.48 Å². The molecule has 10 aromatic rings. The molecule has 0 bridgehead atoms. The smallest absolute Gasteiger partial charge is 0.143 e. The first-order chi connectivity index (χ1) is 27.6. The van der Waals surface area contributed by atoms with Gasteiger partial charge in [-0.15, -0.1) is 0 Å². The molecule has 0 aliphatic rings. The second kappa shape index (κ2) is 11.1. The monoisotopic (exact) mass is 630 g/mol. The Balaban J connectivity index is 1.40. The lowest BCUT2D eigenvalue weighted by Crippen LogP contribution is -1.92. The SMILES string of the molecule is [2H]c1c([2H])c([2H])c2c(-c3ccc4oc5c6ccccc6ccc5c4c3)c3c([2H])c([2H])c([2H])c([2H])c3c(-c3cc(-c4ccccc4)cc(-c4ccccc4)c3)c2c1[2H]. The summed E-state index contributed by atoms with van der Waals surface area (Å²) in [6.07, 6.45) is 0. The van der Waals surface area contributed by atoms with E-state index < -0.39 is 24.2 Å². The minimum absolute atomic E-state index is 0.164. The van der Waals surface area contributed by atoms with Crippen LogP contribution < -0.4 is 0 Å². The molecule has 0 unspecified atom stereocenters. The minimum Gasteiger partial charge on any atom is -0.455 e. The molecule has 0 fully saturated rings. The van der Waals surface area contributed by atoms with Crippen LogP contribution >= 0.6 is 0 Å². The lowest BCUT2D eigenvalue weighted by molar-refractivity contribution is 0.672. The Morgan fingerprint density at radius 3 is 1.49 bits per heavy atom. The first-order valence-electron chi connectivity index (χ1n) is 20.2. The van der Waals surface area contributed by atoms with Gasteiger partial charge in [-0.05, 0) is 108 Å². The van der Waals surface area contributed by atoms with Gasteiger partial charge in [-0.3, -0.25) is 0 Å². The summed E-state index contributed by atoms with van der Waals surface area (Å²) in [7, 11) is 0. The minimum atomic E-state index is -0.441. The van der Waals surface area contributed by atoms with Crippen LogP contribution in [0.2, 0.25) is 0 Å². The third kappa shape index (κ3) is 4.47. The van der Waals surface area contributed by atoms with Gasteiger partial charge in [0.2, 0.25) is 0 Å². The fraction of sp³-hybridized carbons (Fsp3) is 0. The summed E-state index contributed by atoms with van der Waals surface area (Å²) in [6.45, 7) is 0. The van der Waals surface area contributed by atoms with Crippen LogP contribution in [0.5, 0.6) is 0 Å². The molecule has 1 aromatic heterocycles. The lowest BCUT2D eigenvalue weighted by atomic mass is 9.84. The normalized spacial score (nSPS) is 14.0. The fourth-order valence-electron chi connectivity index (χ4n) is 7.23. The van der Waals surface area contributed by atoms with Crippen LogP contribution in [-0.4, -0.2) is 0 Å². The quantitative estimate of drug-likeness (QED) is 0.176. The van der Waals surface area contributed by atoms with E-state index in [2.05, 4.69) is 6.07 Å². The van der Waals surface area contributed by atoms with E-state index >= 15 is 0 Å². The zero-order valence-electron chi connectivity index (χ0n) is 34.1. The van der Waals surface area contributed by atoms with E-state index in [1.165, 1.54) is 0 Å². The molecule has 0 spiro atoms. The molecule has 0 saturated carbocycles. The van der Waals surface area contributed by atoms with Crippen LogP contribution in [0.15, 0.2) is 186 Å². The van der Waals surface area contributed by atoms with E-state index in [4.69, 9.17) is 9.90 Å². The van der Waals surface area contributed by atoms with Crippen LogP contribution in [0.25, 0.3) is 98.8 Å². The van der Waals surface area contributed by atoms with Crippen LogP contribution in [0, 0.1) is 0 Å². The van der Waals surface area contributed by atoms with Crippen molar-refractivity contribution < 1.29 is 15.4 Å². The lowest BCUT2D eigenvalue weighted by Gasteiger charge is -2.19. The van der Waals surface area contributed by atoms with E-state index in [0.717, 1.165) is 43.8 Å². The molecule has 0 radical (unpaired) electrons. The number of hydrogen-bond acceptors (Lipinski definition) is 1. The molecule has 49 heavy (non-hydrogen) atoms. The fourth-order valence-corrected chi connectivity index (χ4v) is 7.23. The molecular formula is C48H30O. The average molecular weight is 631 g/mol. The Bertz CT molecular complexity index is 3180. The molecule has 0 aliphatic heterocycles. The number of benzene rings is 9. The van der Waals surface area contributed by atoms with Gasteiger partial charge in [0, 0.05) is 16.2 Å². The maximum absolute atomic E-state index is 9.50. The molecule has 10 rings (SSSR count). The predicted molar refractivity (Wildman–Crippen MR) is 208 cm³/mol. The summed E-state index contributed by atoms with van der Waals surface area (Å²) in [5, 5.41) is 4.25. The largest absolute Gasteiger partial charge is 0.455 e. The Morgan fingerprint density at radius 1 is 0.347 bits per heavy atom. The summed E-state index contributed by atoms with van der Waals surface area (Å²) < 4.78 is 80.0. The third-order valence-corrected chi connectivity index (χ3v) is 9.46. The van der Waals surface area contributed by atoms with Crippen molar-refractivity contribution in [2.24, 2.45) is 0 Å². The molecule has 0 amide bonds. The maximum Gasteiger partial charge on any atom is 0.143 e. The topological polar surface area (TPSA) is 13.1 Å². The van der Waals surface area contributed by atoms with Gasteiger partial charge in [-0.25, -0.2) is 0 Å². The molecule has 1 heteroatoms. The van der Waals surface area contributed by atoms with Crippen molar-refractivity contribution in [1.29, 1.82) is 0 Å². The highest BCUT2D eigenvalue weighted by Crippen LogP contribution is 2.46. The van der Waals surface area contributed by atoms with E-state index in [1.54, 1.807) is 6.07 Å². The van der Waals surface area contributed by atoms with Crippen LogP contribution in [0.4, 0.5) is 0 Å². The van der Waals surface area contributed by atoms with Gasteiger partial charge in [0.1, 0.15) is 11.2 Å². The van der Waals surface area contributed by atoms with Crippen LogP contribution in [0.3, 0.4) is 0 Å². The van der Waals surface area contributed by atoms with Crippen molar-refractivity contribution in [2.75, 3.05) is 0 Å². The van der Waals surface area contributed by atoms with Gasteiger partial charge >= 0.3 is 0 Å². The van der Waals surface area contributed by atoms with Gasteiger partial charge in [0.15, 0.2) is 0 Å². The van der Waals surface area contributed by atoms with Gasteiger partial charge in [-0.1, -0.05) is 145 Å². The van der Waals surface area contributed by atoms with Crippen molar-refractivity contribution in [2.45, 2.75) is 0 Å². The zero-order valence-corrected chi connectivity index (χ0v) is 26.1. The van der Waals surface area contributed by atoms with E-state index in [0.29, 0.717) is 33.4 Å². The molecule has 0 aliphatic carbocycles. The van der Waals surface area contributed by atoms with E-state index in [1.807, 2.05) is 121 Å². The van der Waals surface area contributed by atoms with Crippen molar-refractivity contribution >= 4 is 54.3 Å². The Hall–Kier alpha value is -6.44. The Kier molecular flexibility index (Phi) is 4.69. The van der Waals surface area contributed by atoms with Crippen LogP contribution in [-0.2, 0) is 0 Å². The van der Waals surface area contributed by atoms with Gasteiger partial charge in [0.05, 0.1) is 11.0 Å². The van der Waals surface area contributed by atoms with Gasteiger partial charge in [-0.2, -0.15) is 0 Å².